The highest BCUT2D eigenvalue weighted by Gasteiger charge is 2.13. The topological polar surface area (TPSA) is 40.9 Å². The lowest BCUT2D eigenvalue weighted by atomic mass is 10.0. The quantitative estimate of drug-likeness (QED) is 0.607. The van der Waals surface area contributed by atoms with Crippen LogP contribution in [0.1, 0.15) is 18.7 Å². The summed E-state index contributed by atoms with van der Waals surface area (Å²) < 4.78 is 12.9. The van der Waals surface area contributed by atoms with Crippen LogP contribution in [0.15, 0.2) is 42.0 Å². The van der Waals surface area contributed by atoms with E-state index in [1.54, 1.807) is 32.1 Å². The summed E-state index contributed by atoms with van der Waals surface area (Å²) in [4.78, 5) is 13.7. The number of hydrogen-bond acceptors (Lipinski definition) is 3. The SMILES string of the molecule is CC(C)C(=O)C(C#N)=Cc1ccc(-c2ccc(F)cc2)s1. The Morgan fingerprint density at radius 2 is 1.90 bits per heavy atom. The molecule has 0 aliphatic carbocycles. The number of halogens is 1. The molecule has 0 fully saturated rings. The van der Waals surface area contributed by atoms with Gasteiger partial charge in [-0.15, -0.1) is 11.3 Å². The Bertz CT molecular complexity index is 720. The molecule has 0 unspecified atom stereocenters. The van der Waals surface area contributed by atoms with Crippen molar-refractivity contribution >= 4 is 23.2 Å². The molecule has 0 radical (unpaired) electrons. The number of ketones is 1. The van der Waals surface area contributed by atoms with Gasteiger partial charge in [0.1, 0.15) is 11.9 Å². The Labute approximate surface area is 127 Å². The summed E-state index contributed by atoms with van der Waals surface area (Å²) in [5, 5.41) is 9.08. The maximum Gasteiger partial charge on any atom is 0.175 e. The number of benzene rings is 1. The Morgan fingerprint density at radius 3 is 2.48 bits per heavy atom. The van der Waals surface area contributed by atoms with E-state index in [-0.39, 0.29) is 23.1 Å². The smallest absolute Gasteiger partial charge is 0.175 e. The van der Waals surface area contributed by atoms with E-state index in [1.807, 2.05) is 18.2 Å². The number of carbonyl (C=O) groups excluding carboxylic acids is 1. The molecule has 0 spiro atoms. The molecular formula is C17H14FNOS. The number of carbonyl (C=O) groups is 1. The zero-order valence-electron chi connectivity index (χ0n) is 11.8. The van der Waals surface area contributed by atoms with Gasteiger partial charge in [0.25, 0.3) is 0 Å². The van der Waals surface area contributed by atoms with Crippen molar-refractivity contribution in [2.75, 3.05) is 0 Å². The normalized spacial score (nSPS) is 11.5. The van der Waals surface area contributed by atoms with Gasteiger partial charge in [-0.2, -0.15) is 5.26 Å². The van der Waals surface area contributed by atoms with Crippen molar-refractivity contribution in [1.29, 1.82) is 5.26 Å². The van der Waals surface area contributed by atoms with E-state index in [0.29, 0.717) is 0 Å². The fourth-order valence-corrected chi connectivity index (χ4v) is 2.77. The molecule has 2 rings (SSSR count). The highest BCUT2D eigenvalue weighted by atomic mass is 32.1. The van der Waals surface area contributed by atoms with Gasteiger partial charge < -0.3 is 0 Å². The first kappa shape index (κ1) is 15.1. The monoisotopic (exact) mass is 299 g/mol. The van der Waals surface area contributed by atoms with Gasteiger partial charge in [-0.1, -0.05) is 26.0 Å². The van der Waals surface area contributed by atoms with Gasteiger partial charge >= 0.3 is 0 Å². The van der Waals surface area contributed by atoms with Crippen LogP contribution < -0.4 is 0 Å². The summed E-state index contributed by atoms with van der Waals surface area (Å²) in [6.45, 7) is 3.54. The summed E-state index contributed by atoms with van der Waals surface area (Å²) in [6, 6.07) is 11.9. The van der Waals surface area contributed by atoms with Crippen molar-refractivity contribution in [2.24, 2.45) is 5.92 Å². The minimum Gasteiger partial charge on any atom is -0.293 e. The first-order valence-corrected chi connectivity index (χ1v) is 7.34. The molecule has 0 aliphatic heterocycles. The van der Waals surface area contributed by atoms with Crippen molar-refractivity contribution < 1.29 is 9.18 Å². The number of nitrogens with zero attached hydrogens (tertiary/aromatic N) is 1. The van der Waals surface area contributed by atoms with Gasteiger partial charge in [0.2, 0.25) is 0 Å². The summed E-state index contributed by atoms with van der Waals surface area (Å²) in [6.07, 6.45) is 1.61. The first-order valence-electron chi connectivity index (χ1n) is 6.53. The molecule has 2 aromatic rings. The van der Waals surface area contributed by atoms with Crippen LogP contribution in [-0.4, -0.2) is 5.78 Å². The van der Waals surface area contributed by atoms with E-state index in [4.69, 9.17) is 5.26 Å². The van der Waals surface area contributed by atoms with Crippen LogP contribution in [0, 0.1) is 23.1 Å². The van der Waals surface area contributed by atoms with E-state index < -0.39 is 0 Å². The lowest BCUT2D eigenvalue weighted by Gasteiger charge is -2.00. The lowest BCUT2D eigenvalue weighted by Crippen LogP contribution is -2.08. The standard InChI is InChI=1S/C17H14FNOS/c1-11(2)17(20)13(10-19)9-15-7-8-16(21-15)12-3-5-14(18)6-4-12/h3-9,11H,1-2H3. The molecule has 0 saturated heterocycles. The molecule has 0 N–H and O–H groups in total. The highest BCUT2D eigenvalue weighted by Crippen LogP contribution is 2.29. The zero-order valence-corrected chi connectivity index (χ0v) is 12.6. The Morgan fingerprint density at radius 1 is 1.24 bits per heavy atom. The van der Waals surface area contributed by atoms with Crippen LogP contribution in [0.3, 0.4) is 0 Å². The second-order valence-electron chi connectivity index (χ2n) is 4.90. The minimum atomic E-state index is -0.273. The first-order chi connectivity index (χ1) is 10.0. The second kappa shape index (κ2) is 6.47. The van der Waals surface area contributed by atoms with Gasteiger partial charge in [0.05, 0.1) is 5.57 Å². The van der Waals surface area contributed by atoms with E-state index in [9.17, 15) is 9.18 Å². The number of hydrogen-bond donors (Lipinski definition) is 0. The number of rotatable bonds is 4. The predicted molar refractivity (Wildman–Crippen MR) is 83.1 cm³/mol. The van der Waals surface area contributed by atoms with E-state index in [0.717, 1.165) is 15.3 Å². The van der Waals surface area contributed by atoms with E-state index in [2.05, 4.69) is 0 Å². The van der Waals surface area contributed by atoms with E-state index in [1.165, 1.54) is 23.5 Å². The largest absolute Gasteiger partial charge is 0.293 e. The predicted octanol–water partition coefficient (Wildman–Crippen LogP) is 4.69. The number of allylic oxidation sites excluding steroid dienone is 1. The molecule has 1 aromatic carbocycles. The third kappa shape index (κ3) is 3.65. The average molecular weight is 299 g/mol. The van der Waals surface area contributed by atoms with Gasteiger partial charge in [0.15, 0.2) is 5.78 Å². The number of nitriles is 1. The van der Waals surface area contributed by atoms with Crippen LogP contribution in [0.2, 0.25) is 0 Å². The zero-order chi connectivity index (χ0) is 15.4. The molecule has 106 valence electrons. The molecule has 21 heavy (non-hydrogen) atoms. The summed E-state index contributed by atoms with van der Waals surface area (Å²) >= 11 is 1.46. The molecule has 2 nitrogen and oxygen atoms in total. The fourth-order valence-electron chi connectivity index (χ4n) is 1.81. The molecule has 1 heterocycles. The molecule has 0 atom stereocenters. The number of thiophene rings is 1. The van der Waals surface area contributed by atoms with Crippen molar-refractivity contribution in [2.45, 2.75) is 13.8 Å². The molecule has 1 aromatic heterocycles. The van der Waals surface area contributed by atoms with Gasteiger partial charge in [-0.3, -0.25) is 4.79 Å². The summed E-state index contributed by atoms with van der Waals surface area (Å²) in [5.41, 5.74) is 1.08. The number of Topliss-reactive ketones (excluding diaryl/α,β-unsaturated/α-hetero) is 1. The van der Waals surface area contributed by atoms with Crippen molar-refractivity contribution in [3.05, 3.63) is 52.7 Å². The highest BCUT2D eigenvalue weighted by molar-refractivity contribution is 7.16. The van der Waals surface area contributed by atoms with Crippen LogP contribution in [-0.2, 0) is 4.79 Å². The maximum absolute atomic E-state index is 12.9. The minimum absolute atomic E-state index is 0.158. The summed E-state index contributed by atoms with van der Waals surface area (Å²) in [7, 11) is 0. The maximum atomic E-state index is 12.9. The molecule has 0 saturated carbocycles. The van der Waals surface area contributed by atoms with Gasteiger partial charge in [-0.05, 0) is 35.9 Å². The molecule has 0 aliphatic rings. The third-order valence-electron chi connectivity index (χ3n) is 2.95. The third-order valence-corrected chi connectivity index (χ3v) is 4.03. The molecule has 0 bridgehead atoms. The van der Waals surface area contributed by atoms with Crippen LogP contribution in [0.25, 0.3) is 16.5 Å². The molecule has 0 amide bonds. The van der Waals surface area contributed by atoms with Gasteiger partial charge in [-0.25, -0.2) is 4.39 Å². The summed E-state index contributed by atoms with van der Waals surface area (Å²) in [5.74, 6) is -0.633. The Hall–Kier alpha value is -2.25. The van der Waals surface area contributed by atoms with Crippen molar-refractivity contribution in [3.63, 3.8) is 0 Å². The molecule has 4 heteroatoms. The van der Waals surface area contributed by atoms with E-state index >= 15 is 0 Å². The van der Waals surface area contributed by atoms with Crippen molar-refractivity contribution in [3.8, 4) is 16.5 Å². The second-order valence-corrected chi connectivity index (χ2v) is 6.01. The van der Waals surface area contributed by atoms with Crippen LogP contribution >= 0.6 is 11.3 Å². The van der Waals surface area contributed by atoms with Crippen LogP contribution in [0.4, 0.5) is 4.39 Å². The van der Waals surface area contributed by atoms with Crippen LogP contribution in [0.5, 0.6) is 0 Å². The average Bonchev–Trinajstić information content (AvgIpc) is 2.93. The molecular weight excluding hydrogens is 285 g/mol. The van der Waals surface area contributed by atoms with Crippen molar-refractivity contribution in [1.82, 2.24) is 0 Å². The van der Waals surface area contributed by atoms with Gasteiger partial charge in [0, 0.05) is 15.7 Å². The lowest BCUT2D eigenvalue weighted by molar-refractivity contribution is -0.117. The Balaban J connectivity index is 2.29. The fraction of sp³-hybridized carbons (Fsp3) is 0.176. The Kier molecular flexibility index (Phi) is 4.66.